The van der Waals surface area contributed by atoms with E-state index in [1.54, 1.807) is 11.8 Å². The summed E-state index contributed by atoms with van der Waals surface area (Å²) in [5, 5.41) is 7.88. The highest BCUT2D eigenvalue weighted by molar-refractivity contribution is 8.14. The van der Waals surface area contributed by atoms with Gasteiger partial charge in [0.2, 0.25) is 11.7 Å². The quantitative estimate of drug-likeness (QED) is 0.440. The van der Waals surface area contributed by atoms with E-state index in [1.807, 2.05) is 0 Å². The maximum atomic E-state index is 13.1. The van der Waals surface area contributed by atoms with Crippen molar-refractivity contribution < 1.29 is 19.1 Å². The topological polar surface area (TPSA) is 100 Å². The Balaban J connectivity index is 0.00000363. The van der Waals surface area contributed by atoms with Crippen molar-refractivity contribution in [3.8, 4) is 0 Å². The van der Waals surface area contributed by atoms with Crippen LogP contribution in [0.1, 0.15) is 65.7 Å². The summed E-state index contributed by atoms with van der Waals surface area (Å²) in [4.78, 5) is 40.8. The van der Waals surface area contributed by atoms with E-state index in [0.29, 0.717) is 31.2 Å². The average molecular weight is 489 g/mol. The number of hydrazone groups is 1. The molecule has 32 heavy (non-hydrogen) atoms. The number of hydrogen-bond donors (Lipinski definition) is 2. The van der Waals surface area contributed by atoms with Crippen molar-refractivity contribution in [2.75, 3.05) is 25.5 Å². The summed E-state index contributed by atoms with van der Waals surface area (Å²) in [5.41, 5.74) is 2.34. The van der Waals surface area contributed by atoms with Gasteiger partial charge in [0.05, 0.1) is 0 Å². The molecule has 8 nitrogen and oxygen atoms in total. The number of Topliss-reactive ketones (excluding diaryl/α,β-unsaturated/α-hetero) is 1. The minimum Gasteiger partial charge on any atom is -0.381 e. The number of nitrogens with one attached hydrogen (secondary N) is 2. The predicted octanol–water partition coefficient (Wildman–Crippen LogP) is 2.70. The zero-order chi connectivity index (χ0) is 22.4. The van der Waals surface area contributed by atoms with Crippen molar-refractivity contribution in [1.82, 2.24) is 15.6 Å². The first-order valence-corrected chi connectivity index (χ1v) is 12.5. The molecule has 2 heterocycles. The summed E-state index contributed by atoms with van der Waals surface area (Å²) < 4.78 is 5.42. The van der Waals surface area contributed by atoms with Gasteiger partial charge in [-0.05, 0) is 52.4 Å². The Kier molecular flexibility index (Phi) is 10.3. The van der Waals surface area contributed by atoms with Gasteiger partial charge in [-0.25, -0.2) is 5.43 Å². The van der Waals surface area contributed by atoms with Crippen LogP contribution in [0.25, 0.3) is 0 Å². The number of carbonyl (C=O) groups is 3. The Labute approximate surface area is 201 Å². The van der Waals surface area contributed by atoms with Crippen molar-refractivity contribution in [3.05, 3.63) is 0 Å². The molecule has 3 rings (SSSR count). The molecule has 2 amide bonds. The maximum absolute atomic E-state index is 13.1. The van der Waals surface area contributed by atoms with Crippen LogP contribution >= 0.6 is 24.2 Å². The number of nitrogens with zero attached hydrogens (tertiary/aromatic N) is 2. The molecule has 1 atom stereocenters. The molecule has 1 saturated carbocycles. The van der Waals surface area contributed by atoms with Gasteiger partial charge in [0.1, 0.15) is 6.04 Å². The molecule has 0 aromatic heterocycles. The monoisotopic (exact) mass is 488 g/mol. The Hall–Kier alpha value is -1.32. The standard InChI is InChI=1S/C22H36N4O4S.ClH/c1-22(2,3)26-11-14-31-21(26)25-24-20(29)18(27)17(15-9-12-30-13-10-15)23-19(28)16-7-5-4-6-8-16;/h15-17H,4-14H2,1-3H3,(H,23,28)(H,24,29);1H/b25-21-;. The van der Waals surface area contributed by atoms with Gasteiger partial charge in [0.25, 0.3) is 0 Å². The number of thioether (sulfide) groups is 1. The Morgan fingerprint density at radius 3 is 2.38 bits per heavy atom. The third-order valence-electron chi connectivity index (χ3n) is 6.36. The van der Waals surface area contributed by atoms with Gasteiger partial charge in [-0.15, -0.1) is 17.5 Å². The van der Waals surface area contributed by atoms with E-state index in [-0.39, 0.29) is 35.7 Å². The molecular weight excluding hydrogens is 452 g/mol. The first kappa shape index (κ1) is 26.9. The fourth-order valence-electron chi connectivity index (χ4n) is 4.49. The minimum atomic E-state index is -0.825. The van der Waals surface area contributed by atoms with Crippen molar-refractivity contribution in [2.24, 2.45) is 16.9 Å². The van der Waals surface area contributed by atoms with E-state index < -0.39 is 17.7 Å². The number of carbonyl (C=O) groups excluding carboxylic acids is 3. The van der Waals surface area contributed by atoms with Crippen LogP contribution in [0.3, 0.4) is 0 Å². The SMILES string of the molecule is CC(C)(C)N1CCS/C1=N\NC(=O)C(=O)C(NC(=O)C1CCCCC1)C1CCOCC1.Cl. The lowest BCUT2D eigenvalue weighted by atomic mass is 9.85. The second-order valence-corrected chi connectivity index (χ2v) is 10.7. The van der Waals surface area contributed by atoms with Gasteiger partial charge >= 0.3 is 5.91 Å². The first-order valence-electron chi connectivity index (χ1n) is 11.5. The van der Waals surface area contributed by atoms with Crippen LogP contribution < -0.4 is 10.7 Å². The molecule has 10 heteroatoms. The lowest BCUT2D eigenvalue weighted by molar-refractivity contribution is -0.142. The summed E-state index contributed by atoms with van der Waals surface area (Å²) in [5.74, 6) is -0.766. The molecule has 0 aromatic rings. The highest BCUT2D eigenvalue weighted by Gasteiger charge is 2.37. The Bertz CT molecular complexity index is 701. The van der Waals surface area contributed by atoms with E-state index in [4.69, 9.17) is 4.74 Å². The number of amidine groups is 1. The zero-order valence-electron chi connectivity index (χ0n) is 19.4. The highest BCUT2D eigenvalue weighted by Crippen LogP contribution is 2.27. The number of hydrogen-bond acceptors (Lipinski definition) is 6. The summed E-state index contributed by atoms with van der Waals surface area (Å²) in [6, 6.07) is -0.825. The molecule has 0 spiro atoms. The van der Waals surface area contributed by atoms with Crippen LogP contribution in [0, 0.1) is 11.8 Å². The van der Waals surface area contributed by atoms with Crippen LogP contribution in [0.5, 0.6) is 0 Å². The lowest BCUT2D eigenvalue weighted by Crippen LogP contribution is -2.53. The van der Waals surface area contributed by atoms with Crippen LogP contribution in [-0.4, -0.2) is 64.8 Å². The third kappa shape index (κ3) is 7.09. The molecule has 2 aliphatic heterocycles. The average Bonchev–Trinajstić information content (AvgIpc) is 3.26. The van der Waals surface area contributed by atoms with E-state index in [1.165, 1.54) is 0 Å². The van der Waals surface area contributed by atoms with Crippen molar-refractivity contribution in [1.29, 1.82) is 0 Å². The summed E-state index contributed by atoms with van der Waals surface area (Å²) in [6.07, 6.45) is 6.22. The molecule has 0 bridgehead atoms. The van der Waals surface area contributed by atoms with Gasteiger partial charge in [-0.3, -0.25) is 14.4 Å². The summed E-state index contributed by atoms with van der Waals surface area (Å²) in [6.45, 7) is 8.18. The van der Waals surface area contributed by atoms with E-state index in [0.717, 1.165) is 44.4 Å². The number of ketones is 1. The maximum Gasteiger partial charge on any atom is 0.309 e. The zero-order valence-corrected chi connectivity index (χ0v) is 21.0. The molecule has 3 fully saturated rings. The molecule has 0 radical (unpaired) electrons. The van der Waals surface area contributed by atoms with E-state index >= 15 is 0 Å². The third-order valence-corrected chi connectivity index (χ3v) is 7.31. The van der Waals surface area contributed by atoms with Crippen molar-refractivity contribution in [3.63, 3.8) is 0 Å². The minimum absolute atomic E-state index is 0. The second-order valence-electron chi connectivity index (χ2n) is 9.64. The van der Waals surface area contributed by atoms with Crippen molar-refractivity contribution >= 4 is 46.9 Å². The van der Waals surface area contributed by atoms with Crippen LogP contribution in [-0.2, 0) is 19.1 Å². The van der Waals surface area contributed by atoms with Gasteiger partial charge in [0.15, 0.2) is 5.17 Å². The van der Waals surface area contributed by atoms with Gasteiger partial charge < -0.3 is 15.0 Å². The number of amides is 2. The van der Waals surface area contributed by atoms with Crippen LogP contribution in [0.15, 0.2) is 5.10 Å². The van der Waals surface area contributed by atoms with Gasteiger partial charge in [-0.2, -0.15) is 0 Å². The molecule has 0 aromatic carbocycles. The van der Waals surface area contributed by atoms with E-state index in [2.05, 4.69) is 41.5 Å². The largest absolute Gasteiger partial charge is 0.381 e. The molecule has 2 N–H and O–H groups in total. The second kappa shape index (κ2) is 12.2. The molecule has 2 saturated heterocycles. The molecule has 182 valence electrons. The molecule has 3 aliphatic rings. The number of halogens is 1. The van der Waals surface area contributed by atoms with Crippen LogP contribution in [0.2, 0.25) is 0 Å². The molecular formula is C22H37ClN4O4S. The van der Waals surface area contributed by atoms with Crippen LogP contribution in [0.4, 0.5) is 0 Å². The fourth-order valence-corrected chi connectivity index (χ4v) is 5.58. The summed E-state index contributed by atoms with van der Waals surface area (Å²) in [7, 11) is 0. The van der Waals surface area contributed by atoms with E-state index in [9.17, 15) is 14.4 Å². The Morgan fingerprint density at radius 2 is 1.75 bits per heavy atom. The van der Waals surface area contributed by atoms with Crippen molar-refractivity contribution in [2.45, 2.75) is 77.3 Å². The fraction of sp³-hybridized carbons (Fsp3) is 0.818. The first-order chi connectivity index (χ1) is 14.8. The predicted molar refractivity (Wildman–Crippen MR) is 129 cm³/mol. The molecule has 1 aliphatic carbocycles. The smallest absolute Gasteiger partial charge is 0.309 e. The normalized spacial score (nSPS) is 22.8. The van der Waals surface area contributed by atoms with Gasteiger partial charge in [0, 0.05) is 37.0 Å². The highest BCUT2D eigenvalue weighted by atomic mass is 35.5. The number of ether oxygens (including phenoxy) is 1. The van der Waals surface area contributed by atoms with Gasteiger partial charge in [-0.1, -0.05) is 31.0 Å². The Morgan fingerprint density at radius 1 is 1.09 bits per heavy atom. The summed E-state index contributed by atoms with van der Waals surface area (Å²) >= 11 is 1.56. The lowest BCUT2D eigenvalue weighted by Gasteiger charge is -2.33. The molecule has 1 unspecified atom stereocenters. The number of rotatable bonds is 6.